The summed E-state index contributed by atoms with van der Waals surface area (Å²) in [6, 6.07) is 14.4. The van der Waals surface area contributed by atoms with Crippen molar-refractivity contribution in [3.05, 3.63) is 65.2 Å². The summed E-state index contributed by atoms with van der Waals surface area (Å²) in [6.45, 7) is 0. The molecule has 2 aromatic rings. The first-order valence-corrected chi connectivity index (χ1v) is 6.63. The van der Waals surface area contributed by atoms with Gasteiger partial charge in [-0.1, -0.05) is 30.3 Å². The van der Waals surface area contributed by atoms with E-state index in [0.717, 1.165) is 5.56 Å². The zero-order chi connectivity index (χ0) is 14.6. The predicted octanol–water partition coefficient (Wildman–Crippen LogP) is 2.36. The van der Waals surface area contributed by atoms with Gasteiger partial charge in [0.2, 0.25) is 0 Å². The second kappa shape index (κ2) is 4.17. The van der Waals surface area contributed by atoms with Crippen LogP contribution in [0.15, 0.2) is 48.5 Å². The summed E-state index contributed by atoms with van der Waals surface area (Å²) in [5.74, 6) is -0.351. The van der Waals surface area contributed by atoms with Gasteiger partial charge in [0, 0.05) is 11.1 Å². The van der Waals surface area contributed by atoms with E-state index in [1.54, 1.807) is 29.2 Å². The molecule has 0 bridgehead atoms. The topological polar surface area (TPSA) is 49.9 Å². The van der Waals surface area contributed by atoms with Gasteiger partial charge < -0.3 is 0 Å². The quantitative estimate of drug-likeness (QED) is 0.805. The molecule has 2 amide bonds. The maximum atomic E-state index is 12.7. The van der Waals surface area contributed by atoms with Gasteiger partial charge >= 0.3 is 0 Å². The van der Waals surface area contributed by atoms with Crippen molar-refractivity contribution >= 4 is 17.5 Å². The minimum absolute atomic E-state index is 0.113. The molecular formula is C16H12N2O3. The number of nitrogens with zero attached hydrogens (tertiary/aromatic N) is 2. The lowest BCUT2D eigenvalue weighted by molar-refractivity contribution is -0.124. The van der Waals surface area contributed by atoms with E-state index in [1.807, 2.05) is 24.3 Å². The Kier molecular flexibility index (Phi) is 2.40. The molecule has 5 nitrogen and oxygen atoms in total. The van der Waals surface area contributed by atoms with Crippen LogP contribution in [0.5, 0.6) is 0 Å². The molecule has 21 heavy (non-hydrogen) atoms. The Morgan fingerprint density at radius 3 is 2.33 bits per heavy atom. The number of hydroxylamine groups is 2. The van der Waals surface area contributed by atoms with E-state index in [9.17, 15) is 9.59 Å². The number of rotatable bonds is 1. The van der Waals surface area contributed by atoms with Crippen molar-refractivity contribution in [1.82, 2.24) is 5.06 Å². The third kappa shape index (κ3) is 1.43. The molecule has 0 saturated carbocycles. The van der Waals surface area contributed by atoms with Gasteiger partial charge in [-0.15, -0.1) is 0 Å². The van der Waals surface area contributed by atoms with Crippen molar-refractivity contribution in [2.24, 2.45) is 0 Å². The largest absolute Gasteiger partial charge is 0.281 e. The molecule has 104 valence electrons. The van der Waals surface area contributed by atoms with E-state index in [2.05, 4.69) is 0 Å². The summed E-state index contributed by atoms with van der Waals surface area (Å²) >= 11 is 0. The van der Waals surface area contributed by atoms with Crippen LogP contribution >= 0.6 is 0 Å². The van der Waals surface area contributed by atoms with Crippen LogP contribution in [0.2, 0.25) is 0 Å². The molecule has 0 fully saturated rings. The van der Waals surface area contributed by atoms with Gasteiger partial charge in [-0.2, -0.15) is 5.06 Å². The van der Waals surface area contributed by atoms with Crippen LogP contribution in [0.1, 0.15) is 32.4 Å². The lowest BCUT2D eigenvalue weighted by Gasteiger charge is -2.38. The smallest absolute Gasteiger partial charge is 0.280 e. The number of carbonyl (C=O) groups excluding carboxylic acids is 2. The highest BCUT2D eigenvalue weighted by Gasteiger charge is 2.48. The van der Waals surface area contributed by atoms with Crippen LogP contribution in [-0.2, 0) is 4.84 Å². The monoisotopic (exact) mass is 280 g/mol. The Bertz CT molecular complexity index is 772. The van der Waals surface area contributed by atoms with Crippen molar-refractivity contribution in [2.45, 2.75) is 6.17 Å². The van der Waals surface area contributed by atoms with E-state index in [1.165, 1.54) is 12.2 Å². The van der Waals surface area contributed by atoms with Gasteiger partial charge in [0.25, 0.3) is 11.8 Å². The second-order valence-electron chi connectivity index (χ2n) is 4.97. The number of amides is 2. The summed E-state index contributed by atoms with van der Waals surface area (Å²) in [4.78, 5) is 32.1. The number of fused-ring (bicyclic) bond motifs is 5. The van der Waals surface area contributed by atoms with E-state index in [4.69, 9.17) is 4.84 Å². The Balaban J connectivity index is 2.00. The maximum Gasteiger partial charge on any atom is 0.281 e. The minimum atomic E-state index is -0.541. The molecule has 0 aromatic heterocycles. The number of carbonyl (C=O) groups is 2. The lowest BCUT2D eigenvalue weighted by Crippen LogP contribution is -2.47. The maximum absolute atomic E-state index is 12.7. The van der Waals surface area contributed by atoms with Gasteiger partial charge in [0.15, 0.2) is 6.17 Å². The molecule has 2 aromatic carbocycles. The van der Waals surface area contributed by atoms with Crippen LogP contribution in [0.3, 0.4) is 0 Å². The van der Waals surface area contributed by atoms with Crippen LogP contribution < -0.4 is 4.90 Å². The molecular weight excluding hydrogens is 268 g/mol. The second-order valence-corrected chi connectivity index (χ2v) is 4.97. The van der Waals surface area contributed by atoms with E-state index < -0.39 is 6.17 Å². The van der Waals surface area contributed by atoms with Crippen molar-refractivity contribution in [3.8, 4) is 0 Å². The van der Waals surface area contributed by atoms with Gasteiger partial charge in [-0.05, 0) is 18.2 Å². The van der Waals surface area contributed by atoms with Crippen molar-refractivity contribution in [3.63, 3.8) is 0 Å². The normalized spacial score (nSPS) is 19.4. The summed E-state index contributed by atoms with van der Waals surface area (Å²) in [7, 11) is 1.44. The van der Waals surface area contributed by atoms with E-state index in [-0.39, 0.29) is 11.8 Å². The first-order valence-electron chi connectivity index (χ1n) is 6.63. The molecule has 0 aliphatic carbocycles. The van der Waals surface area contributed by atoms with Crippen LogP contribution in [0.4, 0.5) is 5.69 Å². The zero-order valence-electron chi connectivity index (χ0n) is 11.3. The molecule has 0 radical (unpaired) electrons. The highest BCUT2D eigenvalue weighted by atomic mass is 16.7. The summed E-state index contributed by atoms with van der Waals surface area (Å²) in [6.07, 6.45) is -0.541. The van der Waals surface area contributed by atoms with E-state index in [0.29, 0.717) is 16.8 Å². The fraction of sp³-hybridized carbons (Fsp3) is 0.125. The van der Waals surface area contributed by atoms with Gasteiger partial charge in [0.05, 0.1) is 18.4 Å². The number of para-hydroxylation sites is 1. The predicted molar refractivity (Wildman–Crippen MR) is 75.6 cm³/mol. The van der Waals surface area contributed by atoms with Crippen molar-refractivity contribution < 1.29 is 14.4 Å². The Morgan fingerprint density at radius 1 is 0.905 bits per heavy atom. The average molecular weight is 280 g/mol. The molecule has 2 aliphatic heterocycles. The Morgan fingerprint density at radius 2 is 1.57 bits per heavy atom. The SMILES string of the molecule is CON1C(=O)c2ccccc2N2C(=O)c3ccccc3C12. The fourth-order valence-electron chi connectivity index (χ4n) is 3.05. The highest BCUT2D eigenvalue weighted by Crippen LogP contribution is 2.44. The molecule has 2 heterocycles. The first kappa shape index (κ1) is 12.1. The molecule has 0 saturated heterocycles. The summed E-state index contributed by atoms with van der Waals surface area (Å²) in [5, 5.41) is 1.26. The summed E-state index contributed by atoms with van der Waals surface area (Å²) in [5.41, 5.74) is 2.49. The molecule has 1 atom stereocenters. The number of benzene rings is 2. The molecule has 2 aliphatic rings. The number of hydrogen-bond acceptors (Lipinski definition) is 3. The van der Waals surface area contributed by atoms with Gasteiger partial charge in [-0.3, -0.25) is 19.3 Å². The molecule has 0 spiro atoms. The first-order chi connectivity index (χ1) is 10.2. The number of anilines is 1. The third-order valence-electron chi connectivity index (χ3n) is 3.95. The van der Waals surface area contributed by atoms with E-state index >= 15 is 0 Å². The van der Waals surface area contributed by atoms with Crippen LogP contribution in [0.25, 0.3) is 0 Å². The third-order valence-corrected chi connectivity index (χ3v) is 3.95. The highest BCUT2D eigenvalue weighted by molar-refractivity contribution is 6.16. The van der Waals surface area contributed by atoms with Crippen molar-refractivity contribution in [1.29, 1.82) is 0 Å². The molecule has 0 N–H and O–H groups in total. The van der Waals surface area contributed by atoms with Crippen LogP contribution in [0, 0.1) is 0 Å². The lowest BCUT2D eigenvalue weighted by atomic mass is 10.1. The summed E-state index contributed by atoms with van der Waals surface area (Å²) < 4.78 is 0. The van der Waals surface area contributed by atoms with Crippen LogP contribution in [-0.4, -0.2) is 24.0 Å². The Labute approximate surface area is 121 Å². The van der Waals surface area contributed by atoms with Crippen molar-refractivity contribution in [2.75, 3.05) is 12.0 Å². The zero-order valence-corrected chi connectivity index (χ0v) is 11.3. The standard InChI is InChI=1S/C16H12N2O3/c1-21-18-14-10-6-2-3-7-11(10)15(19)17(14)13-9-5-4-8-12(13)16(18)20/h2-9,14H,1H3. The number of hydrogen-bond donors (Lipinski definition) is 0. The van der Waals surface area contributed by atoms with Gasteiger partial charge in [-0.25, -0.2) is 0 Å². The van der Waals surface area contributed by atoms with Gasteiger partial charge in [0.1, 0.15) is 0 Å². The molecule has 1 unspecified atom stereocenters. The fourth-order valence-corrected chi connectivity index (χ4v) is 3.05. The molecule has 4 rings (SSSR count). The molecule has 5 heteroatoms. The average Bonchev–Trinajstić information content (AvgIpc) is 2.82. The Hall–Kier alpha value is -2.66. The minimum Gasteiger partial charge on any atom is -0.280 e.